The highest BCUT2D eigenvalue weighted by molar-refractivity contribution is 5.14. The quantitative estimate of drug-likeness (QED) is 0.492. The molecule has 1 heteroatoms. The summed E-state index contributed by atoms with van der Waals surface area (Å²) in [5, 5.41) is 0. The molecular formula is C13H16O. The summed E-state index contributed by atoms with van der Waals surface area (Å²) < 4.78 is 5.18. The van der Waals surface area contributed by atoms with E-state index in [4.69, 9.17) is 11.2 Å². The van der Waals surface area contributed by atoms with Gasteiger partial charge >= 0.3 is 0 Å². The first-order chi connectivity index (χ1) is 6.93. The standard InChI is InChI=1S/C13H16O/c1-2-11-14-12-7-6-10-13-8-4-3-5-9-13/h1,3-5,8-9H,6-7,10-12H2. The van der Waals surface area contributed by atoms with Crippen molar-refractivity contribution in [2.24, 2.45) is 0 Å². The lowest BCUT2D eigenvalue weighted by molar-refractivity contribution is 0.162. The first-order valence-electron chi connectivity index (χ1n) is 4.98. The lowest BCUT2D eigenvalue weighted by Gasteiger charge is -2.01. The van der Waals surface area contributed by atoms with Crippen LogP contribution in [0, 0.1) is 12.3 Å². The van der Waals surface area contributed by atoms with Crippen molar-refractivity contribution in [2.45, 2.75) is 19.3 Å². The van der Waals surface area contributed by atoms with Gasteiger partial charge in [0.2, 0.25) is 0 Å². The van der Waals surface area contributed by atoms with Gasteiger partial charge in [-0.1, -0.05) is 36.3 Å². The molecule has 1 aromatic carbocycles. The monoisotopic (exact) mass is 188 g/mol. The topological polar surface area (TPSA) is 9.23 Å². The average Bonchev–Trinajstić information content (AvgIpc) is 2.25. The van der Waals surface area contributed by atoms with Gasteiger partial charge in [0.15, 0.2) is 0 Å². The van der Waals surface area contributed by atoms with Crippen LogP contribution in [0.15, 0.2) is 30.3 Å². The van der Waals surface area contributed by atoms with Gasteiger partial charge in [-0.25, -0.2) is 0 Å². The molecule has 0 bridgehead atoms. The Kier molecular flexibility index (Phi) is 5.54. The smallest absolute Gasteiger partial charge is 0.107 e. The molecule has 0 heterocycles. The number of aryl methyl sites for hydroxylation is 1. The van der Waals surface area contributed by atoms with E-state index in [-0.39, 0.29) is 0 Å². The van der Waals surface area contributed by atoms with Crippen molar-refractivity contribution < 1.29 is 4.74 Å². The summed E-state index contributed by atoms with van der Waals surface area (Å²) in [6.45, 7) is 1.21. The number of unbranched alkanes of at least 4 members (excludes halogenated alkanes) is 1. The molecule has 0 unspecified atom stereocenters. The Morgan fingerprint density at radius 2 is 1.93 bits per heavy atom. The fraction of sp³-hybridized carbons (Fsp3) is 0.385. The summed E-state index contributed by atoms with van der Waals surface area (Å²) in [5.41, 5.74) is 1.39. The van der Waals surface area contributed by atoms with Crippen LogP contribution in [-0.4, -0.2) is 13.2 Å². The van der Waals surface area contributed by atoms with E-state index in [1.165, 1.54) is 5.56 Å². The molecule has 0 radical (unpaired) electrons. The molecular weight excluding hydrogens is 172 g/mol. The Balaban J connectivity index is 2.03. The second kappa shape index (κ2) is 7.17. The summed E-state index contributed by atoms with van der Waals surface area (Å²) in [7, 11) is 0. The van der Waals surface area contributed by atoms with Crippen LogP contribution in [0.3, 0.4) is 0 Å². The molecule has 1 rings (SSSR count). The molecule has 0 aromatic heterocycles. The number of hydrogen-bond donors (Lipinski definition) is 0. The van der Waals surface area contributed by atoms with Gasteiger partial charge in [-0.15, -0.1) is 6.42 Å². The lowest BCUT2D eigenvalue weighted by atomic mass is 10.1. The summed E-state index contributed by atoms with van der Waals surface area (Å²) in [6, 6.07) is 10.5. The molecule has 1 aromatic rings. The van der Waals surface area contributed by atoms with Crippen molar-refractivity contribution in [3.63, 3.8) is 0 Å². The maximum Gasteiger partial charge on any atom is 0.107 e. The molecule has 0 saturated carbocycles. The summed E-state index contributed by atoms with van der Waals surface area (Å²) >= 11 is 0. The molecule has 0 atom stereocenters. The molecule has 0 N–H and O–H groups in total. The highest BCUT2D eigenvalue weighted by Crippen LogP contribution is 2.04. The van der Waals surface area contributed by atoms with Gasteiger partial charge in [0.25, 0.3) is 0 Å². The van der Waals surface area contributed by atoms with E-state index in [0.717, 1.165) is 25.9 Å². The molecule has 0 aliphatic heterocycles. The SMILES string of the molecule is C#CCOCCCCc1ccccc1. The molecule has 1 nitrogen and oxygen atoms in total. The Hall–Kier alpha value is -1.26. The van der Waals surface area contributed by atoms with Crippen molar-refractivity contribution in [3.05, 3.63) is 35.9 Å². The molecule has 0 fully saturated rings. The minimum atomic E-state index is 0.436. The second-order valence-corrected chi connectivity index (χ2v) is 3.20. The van der Waals surface area contributed by atoms with Crippen LogP contribution < -0.4 is 0 Å². The summed E-state index contributed by atoms with van der Waals surface area (Å²) in [5.74, 6) is 2.45. The molecule has 14 heavy (non-hydrogen) atoms. The molecule has 0 amide bonds. The zero-order chi connectivity index (χ0) is 10.1. The minimum Gasteiger partial charge on any atom is -0.369 e. The highest BCUT2D eigenvalue weighted by atomic mass is 16.5. The van der Waals surface area contributed by atoms with Gasteiger partial charge < -0.3 is 4.74 Å². The Morgan fingerprint density at radius 1 is 1.14 bits per heavy atom. The molecule has 74 valence electrons. The highest BCUT2D eigenvalue weighted by Gasteiger charge is 1.91. The van der Waals surface area contributed by atoms with Gasteiger partial charge in [0.05, 0.1) is 0 Å². The largest absolute Gasteiger partial charge is 0.369 e. The number of rotatable bonds is 6. The van der Waals surface area contributed by atoms with E-state index < -0.39 is 0 Å². The van der Waals surface area contributed by atoms with Crippen LogP contribution in [0.4, 0.5) is 0 Å². The lowest BCUT2D eigenvalue weighted by Crippen LogP contribution is -1.95. The van der Waals surface area contributed by atoms with Crippen LogP contribution in [0.2, 0.25) is 0 Å². The van der Waals surface area contributed by atoms with Gasteiger partial charge in [-0.05, 0) is 24.8 Å². The van der Waals surface area contributed by atoms with E-state index in [1.807, 2.05) is 6.07 Å². The number of benzene rings is 1. The van der Waals surface area contributed by atoms with Crippen molar-refractivity contribution in [2.75, 3.05) is 13.2 Å². The number of ether oxygens (including phenoxy) is 1. The van der Waals surface area contributed by atoms with Gasteiger partial charge in [-0.3, -0.25) is 0 Å². The predicted molar refractivity (Wildman–Crippen MR) is 59.0 cm³/mol. The Labute approximate surface area is 86.1 Å². The third kappa shape index (κ3) is 4.69. The van der Waals surface area contributed by atoms with Crippen molar-refractivity contribution in [1.29, 1.82) is 0 Å². The normalized spacial score (nSPS) is 9.64. The van der Waals surface area contributed by atoms with Gasteiger partial charge in [0, 0.05) is 6.61 Å². The van der Waals surface area contributed by atoms with Crippen molar-refractivity contribution in [1.82, 2.24) is 0 Å². The van der Waals surface area contributed by atoms with Crippen LogP contribution >= 0.6 is 0 Å². The van der Waals surface area contributed by atoms with Crippen molar-refractivity contribution >= 4 is 0 Å². The summed E-state index contributed by atoms with van der Waals surface area (Å²) in [4.78, 5) is 0. The first-order valence-corrected chi connectivity index (χ1v) is 4.98. The van der Waals surface area contributed by atoms with E-state index in [1.54, 1.807) is 0 Å². The first kappa shape index (κ1) is 10.8. The zero-order valence-corrected chi connectivity index (χ0v) is 8.41. The maximum absolute atomic E-state index is 5.18. The van der Waals surface area contributed by atoms with Crippen LogP contribution in [0.25, 0.3) is 0 Å². The number of hydrogen-bond acceptors (Lipinski definition) is 1. The molecule has 0 aliphatic rings. The van der Waals surface area contributed by atoms with Gasteiger partial charge in [0.1, 0.15) is 6.61 Å². The third-order valence-electron chi connectivity index (χ3n) is 2.03. The van der Waals surface area contributed by atoms with E-state index in [2.05, 4.69) is 30.2 Å². The Morgan fingerprint density at radius 3 is 2.64 bits per heavy atom. The number of terminal acetylenes is 1. The fourth-order valence-electron chi connectivity index (χ4n) is 1.31. The Bertz CT molecular complexity index is 271. The minimum absolute atomic E-state index is 0.436. The molecule has 0 aliphatic carbocycles. The van der Waals surface area contributed by atoms with Crippen LogP contribution in [-0.2, 0) is 11.2 Å². The van der Waals surface area contributed by atoms with Crippen molar-refractivity contribution in [3.8, 4) is 12.3 Å². The fourth-order valence-corrected chi connectivity index (χ4v) is 1.31. The predicted octanol–water partition coefficient (Wildman–Crippen LogP) is 2.66. The van der Waals surface area contributed by atoms with E-state index >= 15 is 0 Å². The third-order valence-corrected chi connectivity index (χ3v) is 2.03. The van der Waals surface area contributed by atoms with E-state index in [9.17, 15) is 0 Å². The summed E-state index contributed by atoms with van der Waals surface area (Å²) in [6.07, 6.45) is 8.43. The van der Waals surface area contributed by atoms with Gasteiger partial charge in [-0.2, -0.15) is 0 Å². The maximum atomic E-state index is 5.18. The molecule has 0 saturated heterocycles. The molecule has 0 spiro atoms. The second-order valence-electron chi connectivity index (χ2n) is 3.20. The zero-order valence-electron chi connectivity index (χ0n) is 8.41. The van der Waals surface area contributed by atoms with Crippen LogP contribution in [0.1, 0.15) is 18.4 Å². The average molecular weight is 188 g/mol. The van der Waals surface area contributed by atoms with E-state index in [0.29, 0.717) is 6.61 Å². The van der Waals surface area contributed by atoms with Crippen LogP contribution in [0.5, 0.6) is 0 Å².